The SMILES string of the molecule is CC(C)C(O)C(C)(C)CNC(=O)NCC1(C2CC2)CC1. The van der Waals surface area contributed by atoms with Gasteiger partial charge in [0.05, 0.1) is 6.10 Å². The number of hydrogen-bond acceptors (Lipinski definition) is 2. The Hall–Kier alpha value is -0.770. The number of aliphatic hydroxyl groups excluding tert-OH is 1. The average Bonchev–Trinajstić information content (AvgIpc) is 3.25. The Morgan fingerprint density at radius 1 is 1.30 bits per heavy atom. The molecule has 0 saturated heterocycles. The molecule has 0 heterocycles. The van der Waals surface area contributed by atoms with E-state index in [1.54, 1.807) is 0 Å². The number of carbonyl (C=O) groups is 1. The molecule has 0 aliphatic heterocycles. The predicted octanol–water partition coefficient (Wildman–Crippen LogP) is 2.52. The Bertz CT molecular complexity index is 357. The van der Waals surface area contributed by atoms with Crippen molar-refractivity contribution in [2.45, 2.75) is 59.5 Å². The van der Waals surface area contributed by atoms with E-state index in [0.29, 0.717) is 12.0 Å². The van der Waals surface area contributed by atoms with Crippen molar-refractivity contribution in [2.75, 3.05) is 13.1 Å². The largest absolute Gasteiger partial charge is 0.392 e. The molecule has 0 spiro atoms. The van der Waals surface area contributed by atoms with Gasteiger partial charge in [0, 0.05) is 18.5 Å². The van der Waals surface area contributed by atoms with Gasteiger partial charge in [-0.1, -0.05) is 27.7 Å². The van der Waals surface area contributed by atoms with Crippen LogP contribution in [-0.2, 0) is 0 Å². The van der Waals surface area contributed by atoms with Crippen molar-refractivity contribution in [2.24, 2.45) is 22.7 Å². The molecule has 4 heteroatoms. The lowest BCUT2D eigenvalue weighted by molar-refractivity contribution is 0.0151. The van der Waals surface area contributed by atoms with Gasteiger partial charge >= 0.3 is 6.03 Å². The monoisotopic (exact) mass is 282 g/mol. The Morgan fingerprint density at radius 2 is 1.90 bits per heavy atom. The summed E-state index contributed by atoms with van der Waals surface area (Å²) >= 11 is 0. The molecular formula is C16H30N2O2. The molecule has 0 aromatic carbocycles. The summed E-state index contributed by atoms with van der Waals surface area (Å²) in [6.45, 7) is 9.29. The third-order valence-corrected chi connectivity index (χ3v) is 5.07. The predicted molar refractivity (Wildman–Crippen MR) is 80.4 cm³/mol. The zero-order valence-electron chi connectivity index (χ0n) is 13.3. The van der Waals surface area contributed by atoms with Gasteiger partial charge < -0.3 is 15.7 Å². The quantitative estimate of drug-likeness (QED) is 0.672. The summed E-state index contributed by atoms with van der Waals surface area (Å²) in [6.07, 6.45) is 4.82. The van der Waals surface area contributed by atoms with Gasteiger partial charge in [-0.25, -0.2) is 4.79 Å². The van der Waals surface area contributed by atoms with E-state index in [2.05, 4.69) is 10.6 Å². The molecule has 3 N–H and O–H groups in total. The van der Waals surface area contributed by atoms with Crippen molar-refractivity contribution in [1.29, 1.82) is 0 Å². The Balaban J connectivity index is 1.69. The number of aliphatic hydroxyl groups is 1. The lowest BCUT2D eigenvalue weighted by atomic mass is 9.81. The highest BCUT2D eigenvalue weighted by Gasteiger charge is 2.53. The first-order valence-electron chi connectivity index (χ1n) is 7.97. The van der Waals surface area contributed by atoms with E-state index in [1.165, 1.54) is 25.7 Å². The molecule has 116 valence electrons. The first-order chi connectivity index (χ1) is 9.27. The van der Waals surface area contributed by atoms with E-state index < -0.39 is 6.10 Å². The Morgan fingerprint density at radius 3 is 2.35 bits per heavy atom. The molecule has 0 aromatic rings. The topological polar surface area (TPSA) is 61.4 Å². The summed E-state index contributed by atoms with van der Waals surface area (Å²) in [4.78, 5) is 11.9. The minimum absolute atomic E-state index is 0.0963. The Kier molecular flexibility index (Phi) is 4.33. The van der Waals surface area contributed by atoms with Crippen LogP contribution in [0.4, 0.5) is 4.79 Å². The van der Waals surface area contributed by atoms with Crippen molar-refractivity contribution < 1.29 is 9.90 Å². The van der Waals surface area contributed by atoms with Crippen LogP contribution < -0.4 is 10.6 Å². The molecule has 20 heavy (non-hydrogen) atoms. The molecule has 1 unspecified atom stereocenters. The normalized spacial score (nSPS) is 22.5. The number of nitrogens with one attached hydrogen (secondary N) is 2. The first-order valence-corrected chi connectivity index (χ1v) is 7.97. The summed E-state index contributed by atoms with van der Waals surface area (Å²) < 4.78 is 0. The van der Waals surface area contributed by atoms with Crippen molar-refractivity contribution in [3.05, 3.63) is 0 Å². The molecule has 2 fully saturated rings. The highest BCUT2D eigenvalue weighted by atomic mass is 16.3. The second-order valence-electron chi connectivity index (χ2n) is 7.85. The van der Waals surface area contributed by atoms with Gasteiger partial charge in [0.15, 0.2) is 0 Å². The highest BCUT2D eigenvalue weighted by molar-refractivity contribution is 5.74. The molecule has 0 bridgehead atoms. The van der Waals surface area contributed by atoms with Crippen LogP contribution in [0.3, 0.4) is 0 Å². The second kappa shape index (κ2) is 5.55. The number of carbonyl (C=O) groups excluding carboxylic acids is 1. The summed E-state index contributed by atoms with van der Waals surface area (Å²) in [6, 6.07) is -0.0963. The Labute approximate surface area is 122 Å². The van der Waals surface area contributed by atoms with Crippen molar-refractivity contribution in [1.82, 2.24) is 10.6 Å². The molecule has 4 nitrogen and oxygen atoms in total. The number of amides is 2. The number of rotatable bonds is 7. The van der Waals surface area contributed by atoms with Crippen molar-refractivity contribution >= 4 is 6.03 Å². The lowest BCUT2D eigenvalue weighted by Gasteiger charge is -2.33. The summed E-state index contributed by atoms with van der Waals surface area (Å²) in [5.74, 6) is 1.06. The van der Waals surface area contributed by atoms with Crippen LogP contribution in [0.1, 0.15) is 53.4 Å². The van der Waals surface area contributed by atoms with E-state index in [0.717, 1.165) is 12.5 Å². The number of hydrogen-bond donors (Lipinski definition) is 3. The van der Waals surface area contributed by atoms with Crippen LogP contribution in [0.25, 0.3) is 0 Å². The molecule has 1 atom stereocenters. The zero-order valence-corrected chi connectivity index (χ0v) is 13.3. The van der Waals surface area contributed by atoms with Gasteiger partial charge in [0.25, 0.3) is 0 Å². The third kappa shape index (κ3) is 3.66. The first kappa shape index (κ1) is 15.6. The van der Waals surface area contributed by atoms with Crippen LogP contribution >= 0.6 is 0 Å². The highest BCUT2D eigenvalue weighted by Crippen LogP contribution is 2.60. The summed E-state index contributed by atoms with van der Waals surface area (Å²) in [5, 5.41) is 16.1. The maximum atomic E-state index is 11.9. The van der Waals surface area contributed by atoms with Crippen LogP contribution in [-0.4, -0.2) is 30.3 Å². The van der Waals surface area contributed by atoms with E-state index in [1.807, 2.05) is 27.7 Å². The fraction of sp³-hybridized carbons (Fsp3) is 0.938. The molecule has 0 radical (unpaired) electrons. The summed E-state index contributed by atoms with van der Waals surface area (Å²) in [7, 11) is 0. The molecular weight excluding hydrogens is 252 g/mol. The third-order valence-electron chi connectivity index (χ3n) is 5.07. The standard InChI is InChI=1S/C16H30N2O2/c1-11(2)13(19)15(3,4)9-17-14(20)18-10-16(7-8-16)12-5-6-12/h11-13,19H,5-10H2,1-4H3,(H2,17,18,20). The fourth-order valence-electron chi connectivity index (χ4n) is 3.22. The minimum atomic E-state index is -0.413. The van der Waals surface area contributed by atoms with Gasteiger partial charge in [-0.2, -0.15) is 0 Å². The van der Waals surface area contributed by atoms with Gasteiger partial charge in [-0.3, -0.25) is 0 Å². The van der Waals surface area contributed by atoms with E-state index in [-0.39, 0.29) is 17.4 Å². The fourth-order valence-corrected chi connectivity index (χ4v) is 3.22. The average molecular weight is 282 g/mol. The van der Waals surface area contributed by atoms with Gasteiger partial charge in [-0.05, 0) is 42.9 Å². The van der Waals surface area contributed by atoms with Gasteiger partial charge in [0.2, 0.25) is 0 Å². The molecule has 2 aliphatic carbocycles. The number of urea groups is 1. The van der Waals surface area contributed by atoms with Crippen molar-refractivity contribution in [3.63, 3.8) is 0 Å². The smallest absolute Gasteiger partial charge is 0.314 e. The van der Waals surface area contributed by atoms with Crippen LogP contribution in [0.2, 0.25) is 0 Å². The maximum Gasteiger partial charge on any atom is 0.314 e. The van der Waals surface area contributed by atoms with Crippen LogP contribution in [0, 0.1) is 22.7 Å². The van der Waals surface area contributed by atoms with Gasteiger partial charge in [-0.15, -0.1) is 0 Å². The zero-order chi connectivity index (χ0) is 15.0. The van der Waals surface area contributed by atoms with E-state index in [9.17, 15) is 9.90 Å². The van der Waals surface area contributed by atoms with Crippen LogP contribution in [0.5, 0.6) is 0 Å². The molecule has 2 rings (SSSR count). The van der Waals surface area contributed by atoms with E-state index >= 15 is 0 Å². The van der Waals surface area contributed by atoms with Crippen LogP contribution in [0.15, 0.2) is 0 Å². The molecule has 2 amide bonds. The molecule has 0 aromatic heterocycles. The minimum Gasteiger partial charge on any atom is -0.392 e. The molecule has 2 aliphatic rings. The van der Waals surface area contributed by atoms with Crippen molar-refractivity contribution in [3.8, 4) is 0 Å². The second-order valence-corrected chi connectivity index (χ2v) is 7.85. The van der Waals surface area contributed by atoms with E-state index in [4.69, 9.17) is 0 Å². The summed E-state index contributed by atoms with van der Waals surface area (Å²) in [5.41, 5.74) is 0.129. The maximum absolute atomic E-state index is 11.9. The lowest BCUT2D eigenvalue weighted by Crippen LogP contribution is -2.47. The molecule has 2 saturated carbocycles. The van der Waals surface area contributed by atoms with Gasteiger partial charge in [0.1, 0.15) is 0 Å².